The van der Waals surface area contributed by atoms with Crippen molar-refractivity contribution in [3.8, 4) is 0 Å². The van der Waals surface area contributed by atoms with Gasteiger partial charge in [0.15, 0.2) is 15.4 Å². The molecule has 0 amide bonds. The lowest BCUT2D eigenvalue weighted by atomic mass is 10.2. The Bertz CT molecular complexity index is 660. The standard InChI is InChI=1S/C13H16N2O3S/c1-15(10-6-7-19(16,17)9-10)8-13-14-11-4-2-3-5-12(11)18-13/h2-5,10H,6-9H2,1H3/t10-/m0/s1. The monoisotopic (exact) mass is 280 g/mol. The third-order valence-corrected chi connectivity index (χ3v) is 5.30. The van der Waals surface area contributed by atoms with Crippen LogP contribution in [0.2, 0.25) is 0 Å². The van der Waals surface area contributed by atoms with Gasteiger partial charge in [-0.05, 0) is 25.6 Å². The highest BCUT2D eigenvalue weighted by Gasteiger charge is 2.31. The summed E-state index contributed by atoms with van der Waals surface area (Å²) < 4.78 is 28.6. The van der Waals surface area contributed by atoms with Gasteiger partial charge in [-0.3, -0.25) is 4.90 Å². The highest BCUT2D eigenvalue weighted by atomic mass is 32.2. The molecule has 0 spiro atoms. The molecule has 1 fully saturated rings. The van der Waals surface area contributed by atoms with Gasteiger partial charge in [0.25, 0.3) is 0 Å². The minimum Gasteiger partial charge on any atom is -0.439 e. The SMILES string of the molecule is CN(Cc1nc2ccccc2o1)[C@H]1CCS(=O)(=O)C1. The van der Waals surface area contributed by atoms with Gasteiger partial charge in [0.1, 0.15) is 5.52 Å². The summed E-state index contributed by atoms with van der Waals surface area (Å²) in [5.41, 5.74) is 1.61. The van der Waals surface area contributed by atoms with Crippen molar-refractivity contribution in [2.24, 2.45) is 0 Å². The average molecular weight is 280 g/mol. The van der Waals surface area contributed by atoms with Gasteiger partial charge in [-0.25, -0.2) is 13.4 Å². The van der Waals surface area contributed by atoms with Crippen LogP contribution in [-0.2, 0) is 16.4 Å². The van der Waals surface area contributed by atoms with Crippen LogP contribution in [0.4, 0.5) is 0 Å². The van der Waals surface area contributed by atoms with Crippen molar-refractivity contribution < 1.29 is 12.8 Å². The predicted molar refractivity (Wildman–Crippen MR) is 72.5 cm³/mol. The lowest BCUT2D eigenvalue weighted by Crippen LogP contribution is -2.32. The Hall–Kier alpha value is -1.40. The van der Waals surface area contributed by atoms with E-state index in [0.717, 1.165) is 11.1 Å². The van der Waals surface area contributed by atoms with Gasteiger partial charge >= 0.3 is 0 Å². The van der Waals surface area contributed by atoms with E-state index < -0.39 is 9.84 Å². The second-order valence-electron chi connectivity index (χ2n) is 5.05. The van der Waals surface area contributed by atoms with Crippen molar-refractivity contribution in [2.45, 2.75) is 19.0 Å². The van der Waals surface area contributed by atoms with Crippen LogP contribution < -0.4 is 0 Å². The van der Waals surface area contributed by atoms with Crippen LogP contribution in [0.3, 0.4) is 0 Å². The van der Waals surface area contributed by atoms with Gasteiger partial charge < -0.3 is 4.42 Å². The first-order chi connectivity index (χ1) is 9.03. The van der Waals surface area contributed by atoms with E-state index in [-0.39, 0.29) is 17.5 Å². The normalized spacial score (nSPS) is 22.3. The second kappa shape index (κ2) is 4.61. The van der Waals surface area contributed by atoms with Crippen molar-refractivity contribution in [1.29, 1.82) is 0 Å². The molecule has 19 heavy (non-hydrogen) atoms. The first-order valence-electron chi connectivity index (χ1n) is 6.29. The molecular weight excluding hydrogens is 264 g/mol. The number of nitrogens with zero attached hydrogens (tertiary/aromatic N) is 2. The summed E-state index contributed by atoms with van der Waals surface area (Å²) in [6.45, 7) is 0.537. The quantitative estimate of drug-likeness (QED) is 0.851. The fourth-order valence-corrected chi connectivity index (χ4v) is 4.26. The predicted octanol–water partition coefficient (Wildman–Crippen LogP) is 1.45. The number of benzene rings is 1. The van der Waals surface area contributed by atoms with Crippen LogP contribution in [0.5, 0.6) is 0 Å². The van der Waals surface area contributed by atoms with Gasteiger partial charge in [-0.2, -0.15) is 0 Å². The van der Waals surface area contributed by atoms with Crippen molar-refractivity contribution in [1.82, 2.24) is 9.88 Å². The Kier molecular flexibility index (Phi) is 3.06. The number of hydrogen-bond donors (Lipinski definition) is 0. The number of oxazole rings is 1. The van der Waals surface area contributed by atoms with Crippen molar-refractivity contribution in [3.63, 3.8) is 0 Å². The third-order valence-electron chi connectivity index (χ3n) is 3.55. The lowest BCUT2D eigenvalue weighted by molar-refractivity contribution is 0.231. The zero-order chi connectivity index (χ0) is 13.5. The van der Waals surface area contributed by atoms with Gasteiger partial charge in [0, 0.05) is 6.04 Å². The highest BCUT2D eigenvalue weighted by Crippen LogP contribution is 2.20. The zero-order valence-electron chi connectivity index (χ0n) is 10.7. The summed E-state index contributed by atoms with van der Waals surface area (Å²) in [6, 6.07) is 7.68. The Morgan fingerprint density at radius 1 is 1.42 bits per heavy atom. The van der Waals surface area contributed by atoms with E-state index in [0.29, 0.717) is 18.9 Å². The summed E-state index contributed by atoms with van der Waals surface area (Å²) in [5, 5.41) is 0. The van der Waals surface area contributed by atoms with Crippen LogP contribution in [0.15, 0.2) is 28.7 Å². The van der Waals surface area contributed by atoms with Crippen LogP contribution in [0.25, 0.3) is 11.1 Å². The molecule has 1 aliphatic rings. The van der Waals surface area contributed by atoms with Gasteiger partial charge in [-0.15, -0.1) is 0 Å². The molecular formula is C13H16N2O3S. The molecule has 0 N–H and O–H groups in total. The molecule has 3 rings (SSSR count). The third kappa shape index (κ3) is 2.64. The van der Waals surface area contributed by atoms with E-state index in [1.54, 1.807) is 0 Å². The molecule has 1 aliphatic heterocycles. The van der Waals surface area contributed by atoms with Crippen LogP contribution in [0, 0.1) is 0 Å². The van der Waals surface area contributed by atoms with Crippen molar-refractivity contribution >= 4 is 20.9 Å². The molecule has 1 saturated heterocycles. The molecule has 2 heterocycles. The van der Waals surface area contributed by atoms with Gasteiger partial charge in [0.2, 0.25) is 5.89 Å². The number of rotatable bonds is 3. The first-order valence-corrected chi connectivity index (χ1v) is 8.11. The minimum absolute atomic E-state index is 0.0695. The van der Waals surface area contributed by atoms with Crippen molar-refractivity contribution in [3.05, 3.63) is 30.2 Å². The van der Waals surface area contributed by atoms with E-state index in [1.165, 1.54) is 0 Å². The number of sulfone groups is 1. The smallest absolute Gasteiger partial charge is 0.209 e. The minimum atomic E-state index is -2.85. The maximum Gasteiger partial charge on any atom is 0.209 e. The summed E-state index contributed by atoms with van der Waals surface area (Å²) in [7, 11) is -0.933. The van der Waals surface area contributed by atoms with E-state index in [1.807, 2.05) is 36.2 Å². The van der Waals surface area contributed by atoms with Crippen LogP contribution >= 0.6 is 0 Å². The fourth-order valence-electron chi connectivity index (χ4n) is 2.45. The summed E-state index contributed by atoms with van der Waals surface area (Å²) in [6.07, 6.45) is 0.694. The first kappa shape index (κ1) is 12.6. The van der Waals surface area contributed by atoms with E-state index >= 15 is 0 Å². The van der Waals surface area contributed by atoms with Crippen LogP contribution in [0.1, 0.15) is 12.3 Å². The fraction of sp³-hybridized carbons (Fsp3) is 0.462. The Balaban J connectivity index is 1.74. The van der Waals surface area contributed by atoms with Crippen molar-refractivity contribution in [2.75, 3.05) is 18.6 Å². The molecule has 2 aromatic rings. The molecule has 5 nitrogen and oxygen atoms in total. The largest absolute Gasteiger partial charge is 0.439 e. The summed E-state index contributed by atoms with van der Waals surface area (Å²) >= 11 is 0. The molecule has 0 radical (unpaired) electrons. The maximum absolute atomic E-state index is 11.5. The molecule has 0 aliphatic carbocycles. The molecule has 0 bridgehead atoms. The Morgan fingerprint density at radius 3 is 2.89 bits per heavy atom. The number of fused-ring (bicyclic) bond motifs is 1. The maximum atomic E-state index is 11.5. The molecule has 1 atom stereocenters. The van der Waals surface area contributed by atoms with Gasteiger partial charge in [0.05, 0.1) is 18.1 Å². The average Bonchev–Trinajstić information content (AvgIpc) is 2.91. The van der Waals surface area contributed by atoms with E-state index in [2.05, 4.69) is 4.98 Å². The summed E-state index contributed by atoms with van der Waals surface area (Å²) in [5.74, 6) is 1.16. The second-order valence-corrected chi connectivity index (χ2v) is 7.28. The number of hydrogen-bond acceptors (Lipinski definition) is 5. The number of para-hydroxylation sites is 2. The lowest BCUT2D eigenvalue weighted by Gasteiger charge is -2.20. The van der Waals surface area contributed by atoms with Crippen LogP contribution in [-0.4, -0.2) is 42.9 Å². The van der Waals surface area contributed by atoms with Gasteiger partial charge in [-0.1, -0.05) is 12.1 Å². The number of aromatic nitrogens is 1. The Morgan fingerprint density at radius 2 is 2.21 bits per heavy atom. The molecule has 1 aromatic carbocycles. The Labute approximate surface area is 112 Å². The zero-order valence-corrected chi connectivity index (χ0v) is 11.6. The molecule has 1 aromatic heterocycles. The van der Waals surface area contributed by atoms with E-state index in [9.17, 15) is 8.42 Å². The highest BCUT2D eigenvalue weighted by molar-refractivity contribution is 7.91. The molecule has 0 unspecified atom stereocenters. The molecule has 6 heteroatoms. The molecule has 0 saturated carbocycles. The summed E-state index contributed by atoms with van der Waals surface area (Å²) in [4.78, 5) is 6.41. The molecule has 102 valence electrons. The topological polar surface area (TPSA) is 63.4 Å². The van der Waals surface area contributed by atoms with E-state index in [4.69, 9.17) is 4.42 Å².